The number of carbonyl (C=O) groups is 1. The van der Waals surface area contributed by atoms with Gasteiger partial charge in [0.25, 0.3) is 0 Å². The molecule has 0 spiro atoms. The first-order chi connectivity index (χ1) is 8.11. The smallest absolute Gasteiger partial charge is 0.239 e. The lowest BCUT2D eigenvalue weighted by molar-refractivity contribution is -0.121. The number of nitrogens with one attached hydrogen (secondary N) is 1. The van der Waals surface area contributed by atoms with Gasteiger partial charge >= 0.3 is 0 Å². The molecule has 3 N–H and O–H groups in total. The molecule has 88 valence electrons. The Bertz CT molecular complexity index is 588. The minimum atomic E-state index is -0.0387. The van der Waals surface area contributed by atoms with E-state index >= 15 is 0 Å². The first-order valence-corrected chi connectivity index (χ1v) is 5.62. The van der Waals surface area contributed by atoms with E-state index < -0.39 is 0 Å². The van der Waals surface area contributed by atoms with Crippen molar-refractivity contribution in [2.45, 2.75) is 6.54 Å². The molecular formula is C12H13N3OS. The number of hydrogen-bond donors (Lipinski definition) is 2. The van der Waals surface area contributed by atoms with Gasteiger partial charge in [0.15, 0.2) is 0 Å². The molecule has 0 aliphatic carbocycles. The number of nitrogens with zero attached hydrogens (tertiary/aromatic N) is 1. The van der Waals surface area contributed by atoms with E-state index in [1.54, 1.807) is 7.05 Å². The minimum Gasteiger partial charge on any atom is -0.389 e. The van der Waals surface area contributed by atoms with Gasteiger partial charge in [-0.2, -0.15) is 0 Å². The molecule has 1 aromatic heterocycles. The van der Waals surface area contributed by atoms with Crippen LogP contribution in [0.2, 0.25) is 0 Å². The second-order valence-electron chi connectivity index (χ2n) is 3.75. The van der Waals surface area contributed by atoms with Gasteiger partial charge in [-0.1, -0.05) is 24.4 Å². The summed E-state index contributed by atoms with van der Waals surface area (Å²) >= 11 is 4.94. The summed E-state index contributed by atoms with van der Waals surface area (Å²) in [4.78, 5) is 11.7. The number of likely N-dealkylation sites (N-methyl/N-ethyl adjacent to an activating group) is 1. The van der Waals surface area contributed by atoms with E-state index in [0.717, 1.165) is 16.5 Å². The van der Waals surface area contributed by atoms with Crippen LogP contribution in [0.3, 0.4) is 0 Å². The predicted octanol–water partition coefficient (Wildman–Crippen LogP) is 1.02. The lowest BCUT2D eigenvalue weighted by Crippen LogP contribution is -2.23. The zero-order valence-electron chi connectivity index (χ0n) is 9.43. The average Bonchev–Trinajstić information content (AvgIpc) is 2.71. The Morgan fingerprint density at radius 3 is 2.88 bits per heavy atom. The van der Waals surface area contributed by atoms with Crippen LogP contribution in [-0.2, 0) is 11.3 Å². The zero-order chi connectivity index (χ0) is 12.4. The maximum absolute atomic E-state index is 11.4. The van der Waals surface area contributed by atoms with Crippen LogP contribution in [0.25, 0.3) is 10.9 Å². The number of fused-ring (bicyclic) bond motifs is 1. The Labute approximate surface area is 104 Å². The predicted molar refractivity (Wildman–Crippen MR) is 71.9 cm³/mol. The molecular weight excluding hydrogens is 234 g/mol. The molecule has 1 aromatic carbocycles. The van der Waals surface area contributed by atoms with E-state index in [1.807, 2.05) is 35.0 Å². The third kappa shape index (κ3) is 2.29. The molecule has 4 nitrogen and oxygen atoms in total. The highest BCUT2D eigenvalue weighted by molar-refractivity contribution is 7.80. The molecule has 0 bridgehead atoms. The van der Waals surface area contributed by atoms with Crippen molar-refractivity contribution in [3.05, 3.63) is 36.0 Å². The molecule has 17 heavy (non-hydrogen) atoms. The van der Waals surface area contributed by atoms with Crippen LogP contribution in [0.15, 0.2) is 30.5 Å². The summed E-state index contributed by atoms with van der Waals surface area (Å²) in [5, 5.41) is 3.66. The molecule has 0 saturated carbocycles. The first-order valence-electron chi connectivity index (χ1n) is 5.21. The maximum atomic E-state index is 11.4. The number of thiocarbonyl (C=S) groups is 1. The van der Waals surface area contributed by atoms with Gasteiger partial charge in [-0.15, -0.1) is 0 Å². The number of rotatable bonds is 3. The van der Waals surface area contributed by atoms with Crippen molar-refractivity contribution in [1.82, 2.24) is 9.88 Å². The quantitative estimate of drug-likeness (QED) is 0.796. The van der Waals surface area contributed by atoms with Gasteiger partial charge in [-0.3, -0.25) is 4.79 Å². The third-order valence-corrected chi connectivity index (χ3v) is 2.89. The Hall–Kier alpha value is -1.88. The first kappa shape index (κ1) is 11.6. The SMILES string of the molecule is CNC(=O)Cn1ccc2ccc(C(N)=S)cc21. The number of hydrogen-bond acceptors (Lipinski definition) is 2. The molecule has 0 unspecified atom stereocenters. The van der Waals surface area contributed by atoms with Gasteiger partial charge in [0, 0.05) is 24.3 Å². The van der Waals surface area contributed by atoms with E-state index in [0.29, 0.717) is 11.5 Å². The van der Waals surface area contributed by atoms with Crippen LogP contribution >= 0.6 is 12.2 Å². The van der Waals surface area contributed by atoms with E-state index in [2.05, 4.69) is 5.32 Å². The highest BCUT2D eigenvalue weighted by Gasteiger charge is 2.06. The van der Waals surface area contributed by atoms with E-state index in [-0.39, 0.29) is 5.91 Å². The lowest BCUT2D eigenvalue weighted by Gasteiger charge is -2.05. The van der Waals surface area contributed by atoms with Gasteiger partial charge < -0.3 is 15.6 Å². The number of aromatic nitrogens is 1. The minimum absolute atomic E-state index is 0.0387. The molecule has 0 aliphatic rings. The van der Waals surface area contributed by atoms with Crippen LogP contribution in [0.4, 0.5) is 0 Å². The van der Waals surface area contributed by atoms with Crippen molar-refractivity contribution in [3.8, 4) is 0 Å². The molecule has 0 radical (unpaired) electrons. The Kier molecular flexibility index (Phi) is 3.10. The zero-order valence-corrected chi connectivity index (χ0v) is 10.3. The van der Waals surface area contributed by atoms with Gasteiger partial charge in [-0.25, -0.2) is 0 Å². The summed E-state index contributed by atoms with van der Waals surface area (Å²) in [6.07, 6.45) is 1.88. The molecule has 0 aliphatic heterocycles. The van der Waals surface area contributed by atoms with E-state index in [9.17, 15) is 4.79 Å². The van der Waals surface area contributed by atoms with Crippen LogP contribution in [0, 0.1) is 0 Å². The van der Waals surface area contributed by atoms with Gasteiger partial charge in [0.05, 0.1) is 0 Å². The van der Waals surface area contributed by atoms with Crippen LogP contribution in [0.1, 0.15) is 5.56 Å². The van der Waals surface area contributed by atoms with Crippen molar-refractivity contribution in [2.75, 3.05) is 7.05 Å². The van der Waals surface area contributed by atoms with E-state index in [4.69, 9.17) is 18.0 Å². The monoisotopic (exact) mass is 247 g/mol. The molecule has 1 amide bonds. The Morgan fingerprint density at radius 1 is 1.47 bits per heavy atom. The number of carbonyl (C=O) groups excluding carboxylic acids is 1. The number of amides is 1. The largest absolute Gasteiger partial charge is 0.389 e. The van der Waals surface area contributed by atoms with Crippen molar-refractivity contribution >= 4 is 34.0 Å². The second-order valence-corrected chi connectivity index (χ2v) is 4.19. The fourth-order valence-electron chi connectivity index (χ4n) is 1.71. The second kappa shape index (κ2) is 4.55. The highest BCUT2D eigenvalue weighted by Crippen LogP contribution is 2.17. The van der Waals surface area contributed by atoms with Gasteiger partial charge in [0.2, 0.25) is 5.91 Å². The van der Waals surface area contributed by atoms with Gasteiger partial charge in [0.1, 0.15) is 11.5 Å². The number of nitrogens with two attached hydrogens (primary N) is 1. The average molecular weight is 247 g/mol. The summed E-state index contributed by atoms with van der Waals surface area (Å²) in [7, 11) is 1.62. The van der Waals surface area contributed by atoms with Crippen molar-refractivity contribution in [3.63, 3.8) is 0 Å². The maximum Gasteiger partial charge on any atom is 0.239 e. The summed E-state index contributed by atoms with van der Waals surface area (Å²) in [5.74, 6) is -0.0387. The standard InChI is InChI=1S/C12H13N3OS/c1-14-11(16)7-15-5-4-8-2-3-9(12(13)17)6-10(8)15/h2-6H,7H2,1H3,(H2,13,17)(H,14,16). The molecule has 0 atom stereocenters. The normalized spacial score (nSPS) is 10.4. The Balaban J connectivity index is 2.46. The molecule has 2 aromatic rings. The lowest BCUT2D eigenvalue weighted by atomic mass is 10.1. The summed E-state index contributed by atoms with van der Waals surface area (Å²) in [5.41, 5.74) is 7.36. The van der Waals surface area contributed by atoms with Crippen LogP contribution < -0.4 is 11.1 Å². The van der Waals surface area contributed by atoms with Crippen molar-refractivity contribution in [1.29, 1.82) is 0 Å². The fourth-order valence-corrected chi connectivity index (χ4v) is 1.84. The Morgan fingerprint density at radius 2 is 2.24 bits per heavy atom. The molecule has 1 heterocycles. The van der Waals surface area contributed by atoms with Crippen molar-refractivity contribution < 1.29 is 4.79 Å². The third-order valence-electron chi connectivity index (χ3n) is 2.65. The summed E-state index contributed by atoms with van der Waals surface area (Å²) in [6, 6.07) is 7.70. The van der Waals surface area contributed by atoms with E-state index in [1.165, 1.54) is 0 Å². The summed E-state index contributed by atoms with van der Waals surface area (Å²) < 4.78 is 1.87. The van der Waals surface area contributed by atoms with Crippen molar-refractivity contribution in [2.24, 2.45) is 5.73 Å². The molecule has 2 rings (SSSR count). The van der Waals surface area contributed by atoms with Crippen LogP contribution in [0.5, 0.6) is 0 Å². The fraction of sp³-hybridized carbons (Fsp3) is 0.167. The highest BCUT2D eigenvalue weighted by atomic mass is 32.1. The summed E-state index contributed by atoms with van der Waals surface area (Å²) in [6.45, 7) is 0.292. The molecule has 5 heteroatoms. The topological polar surface area (TPSA) is 60.0 Å². The molecule has 0 saturated heterocycles. The molecule has 0 fully saturated rings. The number of benzene rings is 1. The van der Waals surface area contributed by atoms with Gasteiger partial charge in [-0.05, 0) is 17.5 Å². The van der Waals surface area contributed by atoms with Crippen LogP contribution in [-0.4, -0.2) is 22.5 Å².